The van der Waals surface area contributed by atoms with E-state index in [9.17, 15) is 26.7 Å². The van der Waals surface area contributed by atoms with Crippen LogP contribution in [0, 0.1) is 11.6 Å². The quantitative estimate of drug-likeness (QED) is 0.569. The molecule has 9 heteroatoms. The highest BCUT2D eigenvalue weighted by Gasteiger charge is 2.33. The third-order valence-corrected chi connectivity index (χ3v) is 4.59. The van der Waals surface area contributed by atoms with Gasteiger partial charge in [0, 0.05) is 18.8 Å². The smallest absolute Gasteiger partial charge is 0.335 e. The van der Waals surface area contributed by atoms with E-state index in [0.29, 0.717) is 11.3 Å². The summed E-state index contributed by atoms with van der Waals surface area (Å²) >= 11 is 0. The molecule has 0 N–H and O–H groups in total. The lowest BCUT2D eigenvalue weighted by Gasteiger charge is -2.25. The first-order chi connectivity index (χ1) is 13.6. The van der Waals surface area contributed by atoms with Crippen LogP contribution in [0.2, 0.25) is 0 Å². The lowest BCUT2D eigenvalue weighted by atomic mass is 10.1. The number of halogens is 5. The van der Waals surface area contributed by atoms with Crippen molar-refractivity contribution < 1.29 is 26.7 Å². The number of carbonyl (C=O) groups is 1. The van der Waals surface area contributed by atoms with E-state index < -0.39 is 29.5 Å². The summed E-state index contributed by atoms with van der Waals surface area (Å²) in [4.78, 5) is 14.0. The highest BCUT2D eigenvalue weighted by molar-refractivity contribution is 5.94. The molecule has 1 heterocycles. The van der Waals surface area contributed by atoms with Crippen molar-refractivity contribution in [1.82, 2.24) is 14.7 Å². The van der Waals surface area contributed by atoms with Gasteiger partial charge >= 0.3 is 6.18 Å². The molecule has 29 heavy (non-hydrogen) atoms. The van der Waals surface area contributed by atoms with Gasteiger partial charge in [0.1, 0.15) is 0 Å². The van der Waals surface area contributed by atoms with Crippen LogP contribution in [0.25, 0.3) is 5.69 Å². The molecule has 0 saturated carbocycles. The van der Waals surface area contributed by atoms with Gasteiger partial charge in [-0.05, 0) is 55.0 Å². The molecule has 0 bridgehead atoms. The summed E-state index contributed by atoms with van der Waals surface area (Å²) in [6.45, 7) is 1.67. The summed E-state index contributed by atoms with van der Waals surface area (Å²) in [5.41, 5.74) is 0.0487. The zero-order valence-corrected chi connectivity index (χ0v) is 15.4. The molecular formula is C20H16F5N3O. The predicted molar refractivity (Wildman–Crippen MR) is 95.4 cm³/mol. The molecule has 0 radical (unpaired) electrons. The van der Waals surface area contributed by atoms with E-state index in [-0.39, 0.29) is 11.5 Å². The van der Waals surface area contributed by atoms with Crippen molar-refractivity contribution >= 4 is 5.91 Å². The Kier molecular flexibility index (Phi) is 5.41. The fourth-order valence-corrected chi connectivity index (χ4v) is 2.75. The highest BCUT2D eigenvalue weighted by atomic mass is 19.4. The Hall–Kier alpha value is -3.23. The van der Waals surface area contributed by atoms with Crippen LogP contribution in [0.4, 0.5) is 22.0 Å². The third kappa shape index (κ3) is 4.28. The van der Waals surface area contributed by atoms with Crippen molar-refractivity contribution in [3.8, 4) is 5.69 Å². The molecule has 1 unspecified atom stereocenters. The first kappa shape index (κ1) is 20.5. The Morgan fingerprint density at radius 1 is 1.03 bits per heavy atom. The molecule has 0 fully saturated rings. The van der Waals surface area contributed by atoms with Crippen LogP contribution in [0.1, 0.15) is 34.6 Å². The second-order valence-electron chi connectivity index (χ2n) is 6.46. The van der Waals surface area contributed by atoms with Gasteiger partial charge in [0.25, 0.3) is 5.91 Å². The van der Waals surface area contributed by atoms with E-state index in [2.05, 4.69) is 5.10 Å². The van der Waals surface area contributed by atoms with Gasteiger partial charge in [-0.25, -0.2) is 13.5 Å². The number of nitrogens with zero attached hydrogens (tertiary/aromatic N) is 3. The van der Waals surface area contributed by atoms with Gasteiger partial charge in [-0.2, -0.15) is 18.3 Å². The molecule has 4 nitrogen and oxygen atoms in total. The number of amides is 1. The van der Waals surface area contributed by atoms with Crippen molar-refractivity contribution in [2.24, 2.45) is 0 Å². The molecule has 152 valence electrons. The Labute approximate surface area is 163 Å². The van der Waals surface area contributed by atoms with E-state index in [1.54, 1.807) is 6.92 Å². The summed E-state index contributed by atoms with van der Waals surface area (Å²) < 4.78 is 65.6. The summed E-state index contributed by atoms with van der Waals surface area (Å²) in [6.07, 6.45) is -3.36. The topological polar surface area (TPSA) is 38.1 Å². The summed E-state index contributed by atoms with van der Waals surface area (Å²) in [5.74, 6) is -2.36. The van der Waals surface area contributed by atoms with Gasteiger partial charge in [-0.3, -0.25) is 4.79 Å². The van der Waals surface area contributed by atoms with Gasteiger partial charge in [-0.1, -0.05) is 6.07 Å². The second kappa shape index (κ2) is 7.65. The van der Waals surface area contributed by atoms with E-state index in [4.69, 9.17) is 0 Å². The Balaban J connectivity index is 1.77. The van der Waals surface area contributed by atoms with Gasteiger partial charge in [0.15, 0.2) is 17.3 Å². The first-order valence-electron chi connectivity index (χ1n) is 8.53. The van der Waals surface area contributed by atoms with Gasteiger partial charge < -0.3 is 4.90 Å². The van der Waals surface area contributed by atoms with Gasteiger partial charge in [-0.15, -0.1) is 0 Å². The summed E-state index contributed by atoms with van der Waals surface area (Å²) in [6, 6.07) is 9.60. The Bertz CT molecular complexity index is 1030. The number of aromatic nitrogens is 2. The lowest BCUT2D eigenvalue weighted by Crippen LogP contribution is -2.29. The number of alkyl halides is 3. The SMILES string of the molecule is CC(c1ccc(F)c(F)c1)N(C)C(=O)c1ccc(-n2ccc(C(F)(F)F)n2)cc1. The maximum absolute atomic E-state index is 13.5. The van der Waals surface area contributed by atoms with E-state index in [1.807, 2.05) is 0 Å². The molecule has 1 atom stereocenters. The zero-order chi connectivity index (χ0) is 21.3. The third-order valence-electron chi connectivity index (χ3n) is 4.59. The normalized spacial score (nSPS) is 12.7. The molecular weight excluding hydrogens is 393 g/mol. The van der Waals surface area contributed by atoms with Crippen LogP contribution < -0.4 is 0 Å². The summed E-state index contributed by atoms with van der Waals surface area (Å²) in [5, 5.41) is 3.47. The van der Waals surface area contributed by atoms with Crippen molar-refractivity contribution in [2.75, 3.05) is 7.05 Å². The van der Waals surface area contributed by atoms with Crippen molar-refractivity contribution in [1.29, 1.82) is 0 Å². The van der Waals surface area contributed by atoms with Crippen molar-refractivity contribution in [3.05, 3.63) is 83.2 Å². The molecule has 1 aromatic heterocycles. The average Bonchev–Trinajstić information content (AvgIpc) is 3.19. The molecule has 0 aliphatic rings. The van der Waals surface area contributed by atoms with Gasteiger partial charge in [0.2, 0.25) is 0 Å². The fourth-order valence-electron chi connectivity index (χ4n) is 2.75. The molecule has 0 aliphatic carbocycles. The van der Waals surface area contributed by atoms with E-state index in [0.717, 1.165) is 22.9 Å². The minimum absolute atomic E-state index is 0.286. The molecule has 1 amide bonds. The second-order valence-corrected chi connectivity index (χ2v) is 6.46. The van der Waals surface area contributed by atoms with Crippen LogP contribution in [0.5, 0.6) is 0 Å². The maximum Gasteiger partial charge on any atom is 0.435 e. The van der Waals surface area contributed by atoms with Crippen LogP contribution >= 0.6 is 0 Å². The monoisotopic (exact) mass is 409 g/mol. The van der Waals surface area contributed by atoms with Crippen LogP contribution in [0.3, 0.4) is 0 Å². The molecule has 2 aromatic carbocycles. The zero-order valence-electron chi connectivity index (χ0n) is 15.4. The van der Waals surface area contributed by atoms with Crippen LogP contribution in [-0.2, 0) is 6.18 Å². The number of carbonyl (C=O) groups excluding carboxylic acids is 1. The molecule has 0 aliphatic heterocycles. The van der Waals surface area contributed by atoms with E-state index in [1.165, 1.54) is 48.5 Å². The molecule has 0 spiro atoms. The average molecular weight is 409 g/mol. The van der Waals surface area contributed by atoms with Crippen molar-refractivity contribution in [3.63, 3.8) is 0 Å². The predicted octanol–water partition coefficient (Wildman–Crippen LogP) is 5.00. The number of rotatable bonds is 4. The largest absolute Gasteiger partial charge is 0.435 e. The maximum atomic E-state index is 13.5. The Morgan fingerprint density at radius 2 is 1.69 bits per heavy atom. The number of hydrogen-bond acceptors (Lipinski definition) is 2. The standard InChI is InChI=1S/C20H16F5N3O/c1-12(14-5-8-16(21)17(22)11-14)27(2)19(29)13-3-6-15(7-4-13)28-10-9-18(26-28)20(23,24)25/h3-12H,1-2H3. The minimum atomic E-state index is -4.54. The minimum Gasteiger partial charge on any atom is -0.335 e. The van der Waals surface area contributed by atoms with Crippen LogP contribution in [0.15, 0.2) is 54.7 Å². The lowest BCUT2D eigenvalue weighted by molar-refractivity contribution is -0.141. The van der Waals surface area contributed by atoms with E-state index >= 15 is 0 Å². The summed E-state index contributed by atoms with van der Waals surface area (Å²) in [7, 11) is 1.52. The van der Waals surface area contributed by atoms with Crippen LogP contribution in [-0.4, -0.2) is 27.6 Å². The fraction of sp³-hybridized carbons (Fsp3) is 0.200. The first-order valence-corrected chi connectivity index (χ1v) is 8.53. The molecule has 0 saturated heterocycles. The number of hydrogen-bond donors (Lipinski definition) is 0. The molecule has 3 aromatic rings. The van der Waals surface area contributed by atoms with Gasteiger partial charge in [0.05, 0.1) is 11.7 Å². The molecule has 3 rings (SSSR count). The highest BCUT2D eigenvalue weighted by Crippen LogP contribution is 2.28. The number of benzene rings is 2. The Morgan fingerprint density at radius 3 is 2.24 bits per heavy atom. The van der Waals surface area contributed by atoms with Crippen molar-refractivity contribution in [2.45, 2.75) is 19.1 Å².